The molecule has 3 rings (SSSR count). The first-order valence-corrected chi connectivity index (χ1v) is 11.7. The topological polar surface area (TPSA) is 134 Å². The Morgan fingerprint density at radius 1 is 1.29 bits per heavy atom. The predicted octanol–water partition coefficient (Wildman–Crippen LogP) is 2.61. The number of aryl methyl sites for hydroxylation is 1. The average Bonchev–Trinajstić information content (AvgIpc) is 3.13. The molecule has 0 radical (unpaired) electrons. The maximum atomic E-state index is 12.6. The molecule has 0 aliphatic carbocycles. The molecule has 2 unspecified atom stereocenters. The van der Waals surface area contributed by atoms with E-state index in [0.717, 1.165) is 4.57 Å². The molecular formula is C20H21Cl4N3O7. The maximum Gasteiger partial charge on any atom is 0.330 e. The molecule has 0 saturated carbocycles. The van der Waals surface area contributed by atoms with Gasteiger partial charge in [-0.1, -0.05) is 34.8 Å². The Kier molecular flexibility index (Phi) is 8.91. The largest absolute Gasteiger partial charge is 0.479 e. The van der Waals surface area contributed by atoms with Crippen molar-refractivity contribution in [3.05, 3.63) is 59.8 Å². The summed E-state index contributed by atoms with van der Waals surface area (Å²) in [6, 6.07) is 2.70. The second kappa shape index (κ2) is 11.3. The molecule has 1 aromatic heterocycles. The molecule has 14 heteroatoms. The minimum atomic E-state index is -1.17. The van der Waals surface area contributed by atoms with Crippen molar-refractivity contribution in [2.24, 2.45) is 0 Å². The lowest BCUT2D eigenvalue weighted by atomic mass is 10.1. The number of hydroxylamine groups is 2. The third-order valence-corrected chi connectivity index (χ3v) is 6.36. The van der Waals surface area contributed by atoms with E-state index in [1.807, 2.05) is 0 Å². The summed E-state index contributed by atoms with van der Waals surface area (Å²) in [7, 11) is 0. The first kappa shape index (κ1) is 26.8. The minimum Gasteiger partial charge on any atom is -0.479 e. The van der Waals surface area contributed by atoms with Crippen LogP contribution in [-0.2, 0) is 16.0 Å². The van der Waals surface area contributed by atoms with Crippen molar-refractivity contribution in [3.63, 3.8) is 0 Å². The van der Waals surface area contributed by atoms with Crippen LogP contribution in [-0.4, -0.2) is 61.6 Å². The first-order valence-electron chi connectivity index (χ1n) is 10.1. The van der Waals surface area contributed by atoms with E-state index in [4.69, 9.17) is 55.9 Å². The van der Waals surface area contributed by atoms with Crippen molar-refractivity contribution < 1.29 is 24.6 Å². The standard InChI is InChI=1S/C20H21Cl4N3O7/c1-9(33-15-5-12(23)11(22)4-13(15)24)19(30)27(32)8-16-14(28)6-17(34-16)26-7-10(2-3-21)18(29)25-20(26)31/h4-5,7,9,14,16-17,28,32H,2-3,6,8H2,1H3,(H,25,29,31)/t9?,14?,16-,17-/m0/s1. The van der Waals surface area contributed by atoms with Gasteiger partial charge in [0.2, 0.25) is 0 Å². The summed E-state index contributed by atoms with van der Waals surface area (Å²) in [6.45, 7) is 0.976. The lowest BCUT2D eigenvalue weighted by Crippen LogP contribution is -2.44. The summed E-state index contributed by atoms with van der Waals surface area (Å²) < 4.78 is 12.3. The molecule has 186 valence electrons. The molecular weight excluding hydrogens is 536 g/mol. The number of aromatic amines is 1. The number of aromatic nitrogens is 2. The van der Waals surface area contributed by atoms with E-state index in [1.54, 1.807) is 0 Å². The van der Waals surface area contributed by atoms with Crippen molar-refractivity contribution >= 4 is 52.3 Å². The average molecular weight is 557 g/mol. The molecule has 10 nitrogen and oxygen atoms in total. The van der Waals surface area contributed by atoms with E-state index < -0.39 is 48.2 Å². The van der Waals surface area contributed by atoms with Crippen LogP contribution in [0.4, 0.5) is 0 Å². The number of amides is 1. The zero-order valence-corrected chi connectivity index (χ0v) is 20.7. The zero-order chi connectivity index (χ0) is 25.2. The number of ether oxygens (including phenoxy) is 2. The number of carbonyl (C=O) groups excluding carboxylic acids is 1. The van der Waals surface area contributed by atoms with Gasteiger partial charge in [0.1, 0.15) is 18.1 Å². The van der Waals surface area contributed by atoms with Crippen LogP contribution in [0.15, 0.2) is 27.9 Å². The van der Waals surface area contributed by atoms with E-state index in [9.17, 15) is 24.7 Å². The highest BCUT2D eigenvalue weighted by Gasteiger charge is 2.38. The molecule has 3 N–H and O–H groups in total. The van der Waals surface area contributed by atoms with Crippen molar-refractivity contribution in [1.29, 1.82) is 0 Å². The maximum absolute atomic E-state index is 12.6. The number of H-pyrrole nitrogens is 1. The van der Waals surface area contributed by atoms with Crippen molar-refractivity contribution in [2.45, 2.75) is 44.3 Å². The van der Waals surface area contributed by atoms with Gasteiger partial charge in [-0.25, -0.2) is 9.86 Å². The second-order valence-corrected chi connectivity index (χ2v) is 9.17. The van der Waals surface area contributed by atoms with E-state index >= 15 is 0 Å². The molecule has 0 spiro atoms. The molecule has 2 aromatic rings. The monoisotopic (exact) mass is 555 g/mol. The van der Waals surface area contributed by atoms with Crippen LogP contribution in [0.1, 0.15) is 25.1 Å². The number of hydrogen-bond donors (Lipinski definition) is 3. The van der Waals surface area contributed by atoms with Gasteiger partial charge < -0.3 is 14.6 Å². The Morgan fingerprint density at radius 2 is 1.97 bits per heavy atom. The summed E-state index contributed by atoms with van der Waals surface area (Å²) in [5.74, 6) is -0.576. The Morgan fingerprint density at radius 3 is 2.65 bits per heavy atom. The van der Waals surface area contributed by atoms with E-state index in [1.165, 1.54) is 25.3 Å². The molecule has 2 heterocycles. The van der Waals surface area contributed by atoms with Crippen LogP contribution in [0.5, 0.6) is 5.75 Å². The number of hydrogen-bond acceptors (Lipinski definition) is 7. The Balaban J connectivity index is 1.66. The van der Waals surface area contributed by atoms with Crippen LogP contribution >= 0.6 is 46.4 Å². The smallest absolute Gasteiger partial charge is 0.330 e. The third kappa shape index (κ3) is 6.06. The second-order valence-electron chi connectivity index (χ2n) is 7.57. The first-order chi connectivity index (χ1) is 16.0. The van der Waals surface area contributed by atoms with Crippen molar-refractivity contribution in [1.82, 2.24) is 14.6 Å². The molecule has 1 saturated heterocycles. The number of halogens is 4. The summed E-state index contributed by atoms with van der Waals surface area (Å²) in [6.07, 6.45) is -2.68. The van der Waals surface area contributed by atoms with Crippen LogP contribution in [0, 0.1) is 0 Å². The number of nitrogens with one attached hydrogen (secondary N) is 1. The summed E-state index contributed by atoms with van der Waals surface area (Å²) >= 11 is 23.5. The fourth-order valence-corrected chi connectivity index (χ4v) is 4.16. The van der Waals surface area contributed by atoms with Gasteiger partial charge in [0.25, 0.3) is 11.5 Å². The predicted molar refractivity (Wildman–Crippen MR) is 125 cm³/mol. The van der Waals surface area contributed by atoms with Crippen LogP contribution in [0.2, 0.25) is 15.1 Å². The molecule has 1 amide bonds. The molecule has 1 aromatic carbocycles. The van der Waals surface area contributed by atoms with Gasteiger partial charge in [0.05, 0.1) is 27.7 Å². The van der Waals surface area contributed by atoms with Gasteiger partial charge in [-0.15, -0.1) is 11.6 Å². The molecule has 4 atom stereocenters. The Hall–Kier alpha value is -1.79. The van der Waals surface area contributed by atoms with Gasteiger partial charge in [-0.2, -0.15) is 0 Å². The number of aliphatic hydroxyl groups excluding tert-OH is 1. The van der Waals surface area contributed by atoms with Crippen molar-refractivity contribution in [3.8, 4) is 5.75 Å². The quantitative estimate of drug-likeness (QED) is 0.197. The molecule has 34 heavy (non-hydrogen) atoms. The van der Waals surface area contributed by atoms with Crippen LogP contribution in [0.3, 0.4) is 0 Å². The van der Waals surface area contributed by atoms with Gasteiger partial charge in [-0.05, 0) is 19.4 Å². The SMILES string of the molecule is CC(Oc1cc(Cl)c(Cl)cc1Cl)C(=O)N(O)C[C@@H]1O[C@H](n2cc(CCCl)c(=O)[nH]c2=O)CC1O. The molecule has 1 aliphatic heterocycles. The Labute approximate surface area is 213 Å². The summed E-state index contributed by atoms with van der Waals surface area (Å²) in [5, 5.41) is 21.5. The highest BCUT2D eigenvalue weighted by molar-refractivity contribution is 6.43. The fraction of sp³-hybridized carbons (Fsp3) is 0.450. The number of rotatable bonds is 8. The van der Waals surface area contributed by atoms with Gasteiger partial charge in [0.15, 0.2) is 6.10 Å². The molecule has 1 fully saturated rings. The van der Waals surface area contributed by atoms with E-state index in [0.29, 0.717) is 5.06 Å². The molecule has 1 aliphatic rings. The number of aliphatic hydroxyl groups is 1. The third-order valence-electron chi connectivity index (χ3n) is 5.15. The van der Waals surface area contributed by atoms with Crippen LogP contribution in [0.25, 0.3) is 0 Å². The summed E-state index contributed by atoms with van der Waals surface area (Å²) in [4.78, 5) is 38.8. The lowest BCUT2D eigenvalue weighted by Gasteiger charge is -2.24. The summed E-state index contributed by atoms with van der Waals surface area (Å²) in [5.41, 5.74) is -0.999. The normalized spacial score (nSPS) is 20.9. The van der Waals surface area contributed by atoms with E-state index in [-0.39, 0.29) is 45.1 Å². The molecule has 0 bridgehead atoms. The number of alkyl halides is 1. The lowest BCUT2D eigenvalue weighted by molar-refractivity contribution is -0.182. The number of carbonyl (C=O) groups is 1. The zero-order valence-electron chi connectivity index (χ0n) is 17.7. The number of benzene rings is 1. The highest BCUT2D eigenvalue weighted by atomic mass is 35.5. The van der Waals surface area contributed by atoms with Gasteiger partial charge in [-0.3, -0.25) is 24.3 Å². The minimum absolute atomic E-state index is 0.0100. The van der Waals surface area contributed by atoms with E-state index in [2.05, 4.69) is 4.98 Å². The van der Waals surface area contributed by atoms with Crippen molar-refractivity contribution in [2.75, 3.05) is 12.4 Å². The Bertz CT molecular complexity index is 1170. The van der Waals surface area contributed by atoms with Crippen LogP contribution < -0.4 is 16.0 Å². The van der Waals surface area contributed by atoms with Gasteiger partial charge >= 0.3 is 5.69 Å². The highest BCUT2D eigenvalue weighted by Crippen LogP contribution is 2.34. The number of nitrogens with zero attached hydrogens (tertiary/aromatic N) is 2. The van der Waals surface area contributed by atoms with Gasteiger partial charge in [0, 0.05) is 30.1 Å². The fourth-order valence-electron chi connectivity index (χ4n) is 3.38.